The maximum absolute atomic E-state index is 12.0. The molecule has 4 aromatic rings. The molecular formula is C23H24N2O3S. The topological polar surface area (TPSA) is 66.6 Å². The number of thiazole rings is 1. The molecule has 29 heavy (non-hydrogen) atoms. The summed E-state index contributed by atoms with van der Waals surface area (Å²) in [5.41, 5.74) is 3.42. The van der Waals surface area contributed by atoms with E-state index in [9.17, 15) is 9.90 Å². The van der Waals surface area contributed by atoms with Crippen LogP contribution in [0.4, 0.5) is 0 Å². The number of aromatic nitrogens is 1. The second-order valence-corrected chi connectivity index (χ2v) is 8.51. The van der Waals surface area contributed by atoms with E-state index in [1.165, 1.54) is 6.07 Å². The Morgan fingerprint density at radius 1 is 1.28 bits per heavy atom. The van der Waals surface area contributed by atoms with Crippen LogP contribution in [0.3, 0.4) is 0 Å². The second kappa shape index (κ2) is 7.61. The van der Waals surface area contributed by atoms with E-state index >= 15 is 0 Å². The summed E-state index contributed by atoms with van der Waals surface area (Å²) in [5.74, 6) is 0.206. The third kappa shape index (κ3) is 3.54. The molecule has 5 nitrogen and oxygen atoms in total. The van der Waals surface area contributed by atoms with Gasteiger partial charge in [0.15, 0.2) is 0 Å². The van der Waals surface area contributed by atoms with Crippen molar-refractivity contribution < 1.29 is 9.52 Å². The molecule has 0 spiro atoms. The summed E-state index contributed by atoms with van der Waals surface area (Å²) in [6, 6.07) is 11.6. The quantitative estimate of drug-likeness (QED) is 0.461. The van der Waals surface area contributed by atoms with Gasteiger partial charge in [-0.3, -0.25) is 4.90 Å². The number of phenolic OH excluding ortho intramolecular Hbond substituents is 1. The van der Waals surface area contributed by atoms with Gasteiger partial charge in [-0.05, 0) is 56.6 Å². The first kappa shape index (κ1) is 19.6. The van der Waals surface area contributed by atoms with Gasteiger partial charge in [-0.25, -0.2) is 9.78 Å². The molecule has 0 radical (unpaired) electrons. The Kier molecular flexibility index (Phi) is 5.15. The smallest absolute Gasteiger partial charge is 0.336 e. The maximum atomic E-state index is 12.0. The van der Waals surface area contributed by atoms with Crippen LogP contribution in [0.5, 0.6) is 5.75 Å². The first-order valence-corrected chi connectivity index (χ1v) is 10.5. The lowest BCUT2D eigenvalue weighted by Crippen LogP contribution is -2.22. The van der Waals surface area contributed by atoms with Gasteiger partial charge in [0.1, 0.15) is 16.3 Å². The minimum Gasteiger partial charge on any atom is -0.507 e. The van der Waals surface area contributed by atoms with Crippen LogP contribution >= 0.6 is 11.3 Å². The van der Waals surface area contributed by atoms with Crippen molar-refractivity contribution in [1.29, 1.82) is 0 Å². The largest absolute Gasteiger partial charge is 0.507 e. The molecule has 0 aliphatic rings. The van der Waals surface area contributed by atoms with Crippen molar-refractivity contribution in [2.45, 2.75) is 39.8 Å². The SMILES string of the molecule is CCc1cc2c(C)cc(=O)oc2c(CN(C)[C@@H](C)c2nc3ccccc3s2)c1O. The highest BCUT2D eigenvalue weighted by atomic mass is 32.1. The molecule has 0 saturated heterocycles. The molecule has 0 unspecified atom stereocenters. The molecule has 0 aliphatic carbocycles. The van der Waals surface area contributed by atoms with E-state index in [-0.39, 0.29) is 11.8 Å². The fourth-order valence-electron chi connectivity index (χ4n) is 3.63. The number of nitrogens with zero attached hydrogens (tertiary/aromatic N) is 2. The van der Waals surface area contributed by atoms with Crippen LogP contribution in [0.2, 0.25) is 0 Å². The molecule has 6 heteroatoms. The predicted molar refractivity (Wildman–Crippen MR) is 118 cm³/mol. The molecule has 0 fully saturated rings. The van der Waals surface area contributed by atoms with Gasteiger partial charge in [-0.1, -0.05) is 19.1 Å². The summed E-state index contributed by atoms with van der Waals surface area (Å²) in [7, 11) is 1.99. The van der Waals surface area contributed by atoms with Crippen LogP contribution in [-0.4, -0.2) is 22.0 Å². The Morgan fingerprint density at radius 3 is 2.76 bits per heavy atom. The van der Waals surface area contributed by atoms with E-state index in [2.05, 4.69) is 17.9 Å². The van der Waals surface area contributed by atoms with Crippen molar-refractivity contribution in [1.82, 2.24) is 9.88 Å². The van der Waals surface area contributed by atoms with E-state index in [1.807, 2.05) is 45.2 Å². The number of phenols is 1. The summed E-state index contributed by atoms with van der Waals surface area (Å²) in [5, 5.41) is 12.8. The molecule has 2 aromatic carbocycles. The van der Waals surface area contributed by atoms with Gasteiger partial charge in [0.05, 0.1) is 21.8 Å². The first-order valence-electron chi connectivity index (χ1n) is 9.73. The van der Waals surface area contributed by atoms with Crippen molar-refractivity contribution in [2.24, 2.45) is 0 Å². The van der Waals surface area contributed by atoms with Crippen LogP contribution in [0.15, 0.2) is 45.6 Å². The van der Waals surface area contributed by atoms with Gasteiger partial charge in [-0.15, -0.1) is 11.3 Å². The van der Waals surface area contributed by atoms with E-state index in [0.717, 1.165) is 31.7 Å². The summed E-state index contributed by atoms with van der Waals surface area (Å²) in [6.07, 6.45) is 0.699. The van der Waals surface area contributed by atoms with Crippen LogP contribution < -0.4 is 5.63 Å². The molecule has 0 aliphatic heterocycles. The molecule has 1 N–H and O–H groups in total. The number of aromatic hydroxyl groups is 1. The molecule has 0 amide bonds. The number of para-hydroxylation sites is 1. The Morgan fingerprint density at radius 2 is 2.03 bits per heavy atom. The molecule has 150 valence electrons. The normalized spacial score (nSPS) is 12.9. The zero-order valence-electron chi connectivity index (χ0n) is 17.0. The van der Waals surface area contributed by atoms with E-state index in [4.69, 9.17) is 9.40 Å². The average Bonchev–Trinajstić information content (AvgIpc) is 3.13. The van der Waals surface area contributed by atoms with Crippen molar-refractivity contribution >= 4 is 32.5 Å². The van der Waals surface area contributed by atoms with Crippen molar-refractivity contribution in [3.63, 3.8) is 0 Å². The number of rotatable bonds is 5. The molecular weight excluding hydrogens is 384 g/mol. The van der Waals surface area contributed by atoms with E-state index < -0.39 is 5.63 Å². The first-order chi connectivity index (χ1) is 13.9. The minimum atomic E-state index is -0.401. The highest BCUT2D eigenvalue weighted by Gasteiger charge is 2.22. The standard InChI is InChI=1S/C23H24N2O3S/c1-5-15-11-16-13(2)10-20(26)28-22(16)17(21(15)27)12-25(4)14(3)23-24-18-8-6-7-9-19(18)29-23/h6-11,14,27H,5,12H2,1-4H3/t14-/m0/s1. The van der Waals surface area contributed by atoms with E-state index in [0.29, 0.717) is 24.1 Å². The molecule has 2 aromatic heterocycles. The monoisotopic (exact) mass is 408 g/mol. The van der Waals surface area contributed by atoms with Gasteiger partial charge in [0.2, 0.25) is 0 Å². The lowest BCUT2D eigenvalue weighted by Gasteiger charge is -2.24. The van der Waals surface area contributed by atoms with Crippen molar-refractivity contribution in [2.75, 3.05) is 7.05 Å². The Bertz CT molecular complexity index is 1230. The Labute approximate surface area is 173 Å². The second-order valence-electron chi connectivity index (χ2n) is 7.45. The molecule has 0 saturated carbocycles. The van der Waals surface area contributed by atoms with Gasteiger partial charge < -0.3 is 9.52 Å². The Hall–Kier alpha value is -2.70. The summed E-state index contributed by atoms with van der Waals surface area (Å²) >= 11 is 1.68. The van der Waals surface area contributed by atoms with Crippen molar-refractivity contribution in [3.05, 3.63) is 68.5 Å². The number of fused-ring (bicyclic) bond motifs is 2. The van der Waals surface area contributed by atoms with Crippen LogP contribution in [0.25, 0.3) is 21.2 Å². The third-order valence-corrected chi connectivity index (χ3v) is 6.71. The molecule has 2 heterocycles. The number of benzene rings is 2. The van der Waals surface area contributed by atoms with Gasteiger partial charge in [0.25, 0.3) is 0 Å². The fraction of sp³-hybridized carbons (Fsp3) is 0.304. The number of aryl methyl sites for hydroxylation is 2. The maximum Gasteiger partial charge on any atom is 0.336 e. The van der Waals surface area contributed by atoms with Gasteiger partial charge in [-0.2, -0.15) is 0 Å². The lowest BCUT2D eigenvalue weighted by molar-refractivity contribution is 0.249. The number of hydrogen-bond acceptors (Lipinski definition) is 6. The minimum absolute atomic E-state index is 0.0451. The van der Waals surface area contributed by atoms with E-state index in [1.54, 1.807) is 11.3 Å². The molecule has 4 rings (SSSR count). The highest BCUT2D eigenvalue weighted by Crippen LogP contribution is 2.35. The third-order valence-electron chi connectivity index (χ3n) is 5.51. The average molecular weight is 409 g/mol. The summed E-state index contributed by atoms with van der Waals surface area (Å²) in [4.78, 5) is 18.9. The van der Waals surface area contributed by atoms with Crippen LogP contribution in [-0.2, 0) is 13.0 Å². The van der Waals surface area contributed by atoms with Crippen LogP contribution in [0, 0.1) is 6.92 Å². The van der Waals surface area contributed by atoms with Crippen molar-refractivity contribution in [3.8, 4) is 5.75 Å². The summed E-state index contributed by atoms with van der Waals surface area (Å²) < 4.78 is 6.69. The number of hydrogen-bond donors (Lipinski definition) is 1. The molecule has 1 atom stereocenters. The Balaban J connectivity index is 1.76. The molecule has 0 bridgehead atoms. The van der Waals surface area contributed by atoms with Crippen LogP contribution in [0.1, 0.15) is 41.6 Å². The zero-order chi connectivity index (χ0) is 20.7. The van der Waals surface area contributed by atoms with Gasteiger partial charge in [0, 0.05) is 18.0 Å². The van der Waals surface area contributed by atoms with Gasteiger partial charge >= 0.3 is 5.63 Å². The lowest BCUT2D eigenvalue weighted by atomic mass is 9.99. The highest BCUT2D eigenvalue weighted by molar-refractivity contribution is 7.18. The fourth-order valence-corrected chi connectivity index (χ4v) is 4.71. The predicted octanol–water partition coefficient (Wildman–Crippen LogP) is 5.17. The zero-order valence-corrected chi connectivity index (χ0v) is 17.8. The summed E-state index contributed by atoms with van der Waals surface area (Å²) in [6.45, 7) is 6.45.